The van der Waals surface area contributed by atoms with Gasteiger partial charge in [-0.2, -0.15) is 0 Å². The molecule has 0 aliphatic carbocycles. The molecule has 0 saturated heterocycles. The van der Waals surface area contributed by atoms with Crippen molar-refractivity contribution in [3.05, 3.63) is 64.1 Å². The van der Waals surface area contributed by atoms with Crippen LogP contribution in [0.15, 0.2) is 48.5 Å². The lowest BCUT2D eigenvalue weighted by molar-refractivity contribution is -0.121. The molecule has 1 amide bonds. The molecule has 1 N–H and O–H groups in total. The summed E-state index contributed by atoms with van der Waals surface area (Å²) in [4.78, 5) is 12.0. The zero-order chi connectivity index (χ0) is 19.9. The van der Waals surface area contributed by atoms with Crippen molar-refractivity contribution in [1.82, 2.24) is 5.32 Å². The maximum atomic E-state index is 12.1. The van der Waals surface area contributed by atoms with Crippen LogP contribution in [0, 0.1) is 0 Å². The van der Waals surface area contributed by atoms with Crippen molar-refractivity contribution in [2.75, 3.05) is 23.7 Å². The van der Waals surface area contributed by atoms with Gasteiger partial charge in [0.25, 0.3) is 0 Å². The molecule has 0 aromatic heterocycles. The summed E-state index contributed by atoms with van der Waals surface area (Å²) in [6, 6.07) is 14.5. The molecule has 27 heavy (non-hydrogen) atoms. The number of hydrogen-bond donors (Lipinski definition) is 1. The molecule has 146 valence electrons. The van der Waals surface area contributed by atoms with Crippen LogP contribution in [0.2, 0.25) is 10.0 Å². The fourth-order valence-corrected chi connectivity index (χ4v) is 4.01. The highest BCUT2D eigenvalue weighted by atomic mass is 35.5. The lowest BCUT2D eigenvalue weighted by Crippen LogP contribution is -2.32. The van der Waals surface area contributed by atoms with Crippen LogP contribution in [-0.4, -0.2) is 33.7 Å². The molecule has 2 aromatic rings. The van der Waals surface area contributed by atoms with E-state index in [1.807, 2.05) is 30.3 Å². The van der Waals surface area contributed by atoms with Crippen molar-refractivity contribution >= 4 is 44.8 Å². The van der Waals surface area contributed by atoms with Crippen LogP contribution in [0.25, 0.3) is 0 Å². The van der Waals surface area contributed by atoms with E-state index in [1.165, 1.54) is 10.4 Å². The van der Waals surface area contributed by atoms with Crippen molar-refractivity contribution in [3.63, 3.8) is 0 Å². The van der Waals surface area contributed by atoms with Crippen LogP contribution in [0.4, 0.5) is 5.69 Å². The first-order chi connectivity index (χ1) is 12.8. The van der Waals surface area contributed by atoms with E-state index < -0.39 is 10.0 Å². The third-order valence-corrected chi connectivity index (χ3v) is 5.66. The zero-order valence-electron chi connectivity index (χ0n) is 15.0. The Morgan fingerprint density at radius 3 is 2.48 bits per heavy atom. The van der Waals surface area contributed by atoms with E-state index in [0.717, 1.165) is 18.2 Å². The number of nitrogens with zero attached hydrogens (tertiary/aromatic N) is 1. The van der Waals surface area contributed by atoms with E-state index in [9.17, 15) is 13.2 Å². The molecular formula is C19H22Cl2N2O3S. The monoisotopic (exact) mass is 428 g/mol. The Morgan fingerprint density at radius 1 is 1.11 bits per heavy atom. The lowest BCUT2D eigenvalue weighted by atomic mass is 10.1. The average molecular weight is 429 g/mol. The summed E-state index contributed by atoms with van der Waals surface area (Å²) in [5, 5.41) is 3.53. The number of carbonyl (C=O) groups excluding carboxylic acids is 1. The highest BCUT2D eigenvalue weighted by Gasteiger charge is 2.20. The second-order valence-electron chi connectivity index (χ2n) is 6.12. The SMILES string of the molecule is CS(=O)(=O)N(CCCC(=O)NCCc1ccccc1)c1cc(Cl)ccc1Cl. The van der Waals surface area contributed by atoms with Crippen LogP contribution in [0.1, 0.15) is 18.4 Å². The molecule has 8 heteroatoms. The van der Waals surface area contributed by atoms with Crippen molar-refractivity contribution < 1.29 is 13.2 Å². The fraction of sp³-hybridized carbons (Fsp3) is 0.316. The number of hydrogen-bond acceptors (Lipinski definition) is 3. The molecule has 0 spiro atoms. The Morgan fingerprint density at radius 2 is 1.81 bits per heavy atom. The second-order valence-corrected chi connectivity index (χ2v) is 8.87. The Hall–Kier alpha value is -1.76. The van der Waals surface area contributed by atoms with Gasteiger partial charge in [-0.1, -0.05) is 53.5 Å². The van der Waals surface area contributed by atoms with E-state index in [2.05, 4.69) is 5.32 Å². The molecule has 0 heterocycles. The minimum absolute atomic E-state index is 0.114. The van der Waals surface area contributed by atoms with Crippen molar-refractivity contribution in [2.24, 2.45) is 0 Å². The van der Waals surface area contributed by atoms with Crippen LogP contribution >= 0.6 is 23.2 Å². The van der Waals surface area contributed by atoms with Gasteiger partial charge in [0.05, 0.1) is 17.0 Å². The smallest absolute Gasteiger partial charge is 0.232 e. The third kappa shape index (κ3) is 7.05. The van der Waals surface area contributed by atoms with Gasteiger partial charge in [0.15, 0.2) is 0 Å². The molecule has 0 saturated carbocycles. The first-order valence-corrected chi connectivity index (χ1v) is 11.1. The number of halogens is 2. The average Bonchev–Trinajstić information content (AvgIpc) is 2.61. The highest BCUT2D eigenvalue weighted by molar-refractivity contribution is 7.92. The molecule has 0 fully saturated rings. The normalized spacial score (nSPS) is 11.2. The van der Waals surface area contributed by atoms with Crippen LogP contribution < -0.4 is 9.62 Å². The van der Waals surface area contributed by atoms with E-state index >= 15 is 0 Å². The summed E-state index contributed by atoms with van der Waals surface area (Å²) < 4.78 is 25.4. The summed E-state index contributed by atoms with van der Waals surface area (Å²) in [6.45, 7) is 0.684. The van der Waals surface area contributed by atoms with E-state index in [1.54, 1.807) is 12.1 Å². The summed E-state index contributed by atoms with van der Waals surface area (Å²) >= 11 is 12.1. The number of anilines is 1. The van der Waals surface area contributed by atoms with Gasteiger partial charge in [-0.15, -0.1) is 0 Å². The van der Waals surface area contributed by atoms with Gasteiger partial charge in [-0.05, 0) is 36.6 Å². The molecule has 0 unspecified atom stereocenters. The molecule has 2 aromatic carbocycles. The summed E-state index contributed by atoms with van der Waals surface area (Å²) in [6.07, 6.45) is 2.44. The van der Waals surface area contributed by atoms with Crippen LogP contribution in [0.3, 0.4) is 0 Å². The predicted octanol–water partition coefficient (Wildman–Crippen LogP) is 3.90. The molecule has 0 aliphatic rings. The molecule has 2 rings (SSSR count). The molecule has 0 radical (unpaired) electrons. The number of sulfonamides is 1. The second kappa shape index (κ2) is 9.97. The van der Waals surface area contributed by atoms with Gasteiger partial charge in [0.2, 0.25) is 15.9 Å². The number of carbonyl (C=O) groups is 1. The van der Waals surface area contributed by atoms with Crippen LogP contribution in [-0.2, 0) is 21.2 Å². The Bertz CT molecular complexity index is 874. The highest BCUT2D eigenvalue weighted by Crippen LogP contribution is 2.30. The molecule has 0 aliphatic heterocycles. The number of benzene rings is 2. The van der Waals surface area contributed by atoms with Gasteiger partial charge < -0.3 is 5.32 Å². The first kappa shape index (κ1) is 21.5. The lowest BCUT2D eigenvalue weighted by Gasteiger charge is -2.23. The maximum absolute atomic E-state index is 12.1. The quantitative estimate of drug-likeness (QED) is 0.658. The third-order valence-electron chi connectivity index (χ3n) is 3.92. The number of nitrogens with one attached hydrogen (secondary N) is 1. The van der Waals surface area contributed by atoms with E-state index in [4.69, 9.17) is 23.2 Å². The molecule has 0 bridgehead atoms. The molecule has 5 nitrogen and oxygen atoms in total. The van der Waals surface area contributed by atoms with Gasteiger partial charge in [-0.3, -0.25) is 9.10 Å². The van der Waals surface area contributed by atoms with Crippen molar-refractivity contribution in [2.45, 2.75) is 19.3 Å². The zero-order valence-corrected chi connectivity index (χ0v) is 17.3. The summed E-state index contributed by atoms with van der Waals surface area (Å²) in [5.74, 6) is -0.114. The van der Waals surface area contributed by atoms with Crippen molar-refractivity contribution in [3.8, 4) is 0 Å². The van der Waals surface area contributed by atoms with Crippen LogP contribution in [0.5, 0.6) is 0 Å². The Kier molecular flexibility index (Phi) is 7.95. The molecular weight excluding hydrogens is 407 g/mol. The van der Waals surface area contributed by atoms with Gasteiger partial charge in [0.1, 0.15) is 0 Å². The van der Waals surface area contributed by atoms with Gasteiger partial charge in [0, 0.05) is 24.5 Å². The first-order valence-electron chi connectivity index (χ1n) is 8.51. The summed E-state index contributed by atoms with van der Waals surface area (Å²) in [5.41, 5.74) is 1.47. The number of amides is 1. The topological polar surface area (TPSA) is 66.5 Å². The van der Waals surface area contributed by atoms with Crippen molar-refractivity contribution in [1.29, 1.82) is 0 Å². The summed E-state index contributed by atoms with van der Waals surface area (Å²) in [7, 11) is -3.55. The number of rotatable bonds is 9. The maximum Gasteiger partial charge on any atom is 0.232 e. The van der Waals surface area contributed by atoms with Gasteiger partial charge in [-0.25, -0.2) is 8.42 Å². The fourth-order valence-electron chi connectivity index (χ4n) is 2.60. The van der Waals surface area contributed by atoms with E-state index in [-0.39, 0.29) is 23.9 Å². The van der Waals surface area contributed by atoms with E-state index in [0.29, 0.717) is 23.7 Å². The Labute approximate surface area is 170 Å². The minimum atomic E-state index is -3.55. The largest absolute Gasteiger partial charge is 0.356 e. The molecule has 0 atom stereocenters. The Balaban J connectivity index is 1.86. The standard InChI is InChI=1S/C19H22Cl2N2O3S/c1-27(25,26)23(18-14-16(20)9-10-17(18)21)13-5-8-19(24)22-12-11-15-6-3-2-4-7-15/h2-4,6-7,9-10,14H,5,8,11-13H2,1H3,(H,22,24). The minimum Gasteiger partial charge on any atom is -0.356 e. The van der Waals surface area contributed by atoms with Gasteiger partial charge >= 0.3 is 0 Å². The predicted molar refractivity (Wildman–Crippen MR) is 111 cm³/mol.